The SMILES string of the molecule is Cc1cc(NC(c2nc(-c3ccncc3)no2)C(C)C)nc(-c2cccc([N+](=O)[O-])c2)n1. The fraction of sp³-hybridized carbons (Fsp3) is 0.227. The summed E-state index contributed by atoms with van der Waals surface area (Å²) in [6.07, 6.45) is 3.34. The van der Waals surface area contributed by atoms with Crippen LogP contribution >= 0.6 is 0 Å². The lowest BCUT2D eigenvalue weighted by Gasteiger charge is -2.19. The van der Waals surface area contributed by atoms with Crippen molar-refractivity contribution >= 4 is 11.5 Å². The predicted molar refractivity (Wildman–Crippen MR) is 118 cm³/mol. The zero-order valence-electron chi connectivity index (χ0n) is 17.8. The molecule has 1 aromatic carbocycles. The number of nitrogens with zero attached hydrogens (tertiary/aromatic N) is 6. The minimum absolute atomic E-state index is 0.0170. The van der Waals surface area contributed by atoms with Gasteiger partial charge in [-0.05, 0) is 25.0 Å². The summed E-state index contributed by atoms with van der Waals surface area (Å²) in [5.41, 5.74) is 2.07. The van der Waals surface area contributed by atoms with Crippen molar-refractivity contribution in [1.29, 1.82) is 0 Å². The van der Waals surface area contributed by atoms with Crippen LogP contribution in [0.4, 0.5) is 11.5 Å². The van der Waals surface area contributed by atoms with Gasteiger partial charge < -0.3 is 9.84 Å². The van der Waals surface area contributed by atoms with Gasteiger partial charge in [0.1, 0.15) is 11.9 Å². The molecule has 4 rings (SSSR count). The van der Waals surface area contributed by atoms with Crippen LogP contribution in [0.15, 0.2) is 59.4 Å². The van der Waals surface area contributed by atoms with Crippen LogP contribution in [0.25, 0.3) is 22.8 Å². The van der Waals surface area contributed by atoms with E-state index in [9.17, 15) is 10.1 Å². The van der Waals surface area contributed by atoms with E-state index in [1.165, 1.54) is 12.1 Å². The summed E-state index contributed by atoms with van der Waals surface area (Å²) in [4.78, 5) is 28.2. The fourth-order valence-corrected chi connectivity index (χ4v) is 3.18. The van der Waals surface area contributed by atoms with Crippen LogP contribution in [-0.4, -0.2) is 30.0 Å². The summed E-state index contributed by atoms with van der Waals surface area (Å²) in [6.45, 7) is 5.90. The number of rotatable bonds is 7. The fourth-order valence-electron chi connectivity index (χ4n) is 3.18. The Morgan fingerprint density at radius 2 is 1.78 bits per heavy atom. The van der Waals surface area contributed by atoms with Gasteiger partial charge in [-0.2, -0.15) is 4.98 Å². The molecule has 4 aromatic rings. The maximum Gasteiger partial charge on any atom is 0.270 e. The third kappa shape index (κ3) is 4.59. The van der Waals surface area contributed by atoms with E-state index in [0.717, 1.165) is 11.3 Å². The predicted octanol–water partition coefficient (Wildman–Crippen LogP) is 4.61. The van der Waals surface area contributed by atoms with Crippen LogP contribution in [0.3, 0.4) is 0 Å². The number of pyridine rings is 1. The summed E-state index contributed by atoms with van der Waals surface area (Å²) < 4.78 is 5.54. The standard InChI is InChI=1S/C22H21N7O3/c1-13(2)19(22-27-21(28-32-22)15-7-9-23-10-8-15)25-18-11-14(3)24-20(26-18)16-5-4-6-17(12-16)29(30)31/h4-13,19H,1-3H3,(H,24,25,26). The zero-order valence-corrected chi connectivity index (χ0v) is 17.8. The molecule has 0 saturated carbocycles. The first-order chi connectivity index (χ1) is 15.4. The van der Waals surface area contributed by atoms with E-state index < -0.39 is 4.92 Å². The lowest BCUT2D eigenvalue weighted by atomic mass is 10.0. The van der Waals surface area contributed by atoms with Gasteiger partial charge in [-0.3, -0.25) is 15.1 Å². The van der Waals surface area contributed by atoms with Gasteiger partial charge in [0.25, 0.3) is 5.69 Å². The normalized spacial score (nSPS) is 12.0. The third-order valence-electron chi connectivity index (χ3n) is 4.79. The summed E-state index contributed by atoms with van der Waals surface area (Å²) >= 11 is 0. The Morgan fingerprint density at radius 1 is 1.00 bits per heavy atom. The second-order valence-electron chi connectivity index (χ2n) is 7.58. The number of aryl methyl sites for hydroxylation is 1. The Bertz CT molecular complexity index is 1240. The van der Waals surface area contributed by atoms with E-state index in [2.05, 4.69) is 30.4 Å². The van der Waals surface area contributed by atoms with E-state index in [1.54, 1.807) is 30.6 Å². The molecule has 3 heterocycles. The number of nitrogens with one attached hydrogen (secondary N) is 1. The molecule has 162 valence electrons. The second kappa shape index (κ2) is 8.88. The van der Waals surface area contributed by atoms with E-state index in [-0.39, 0.29) is 17.6 Å². The third-order valence-corrected chi connectivity index (χ3v) is 4.79. The summed E-state index contributed by atoms with van der Waals surface area (Å²) in [5.74, 6) is 1.96. The van der Waals surface area contributed by atoms with Crippen molar-refractivity contribution in [3.63, 3.8) is 0 Å². The largest absolute Gasteiger partial charge is 0.358 e. The van der Waals surface area contributed by atoms with Crippen molar-refractivity contribution < 1.29 is 9.45 Å². The molecule has 32 heavy (non-hydrogen) atoms. The van der Waals surface area contributed by atoms with E-state index >= 15 is 0 Å². The van der Waals surface area contributed by atoms with Gasteiger partial charge in [0.05, 0.1) is 4.92 Å². The minimum atomic E-state index is -0.441. The van der Waals surface area contributed by atoms with Crippen molar-refractivity contribution in [3.05, 3.63) is 76.6 Å². The highest BCUT2D eigenvalue weighted by Crippen LogP contribution is 2.28. The quantitative estimate of drug-likeness (QED) is 0.329. The van der Waals surface area contributed by atoms with Crippen LogP contribution in [-0.2, 0) is 0 Å². The molecule has 3 aromatic heterocycles. The maximum atomic E-state index is 11.1. The van der Waals surface area contributed by atoms with Crippen molar-refractivity contribution in [2.45, 2.75) is 26.8 Å². The Hall–Kier alpha value is -4.21. The lowest BCUT2D eigenvalue weighted by Crippen LogP contribution is -2.18. The first kappa shape index (κ1) is 21.0. The number of anilines is 1. The van der Waals surface area contributed by atoms with Gasteiger partial charge in [0.2, 0.25) is 11.7 Å². The molecule has 0 amide bonds. The highest BCUT2D eigenvalue weighted by molar-refractivity contribution is 5.61. The highest BCUT2D eigenvalue weighted by Gasteiger charge is 2.24. The van der Waals surface area contributed by atoms with E-state index in [1.807, 2.05) is 32.9 Å². The lowest BCUT2D eigenvalue weighted by molar-refractivity contribution is -0.384. The van der Waals surface area contributed by atoms with Crippen molar-refractivity contribution in [2.75, 3.05) is 5.32 Å². The zero-order chi connectivity index (χ0) is 22.7. The smallest absolute Gasteiger partial charge is 0.270 e. The molecular formula is C22H21N7O3. The number of nitro groups is 1. The van der Waals surface area contributed by atoms with E-state index in [4.69, 9.17) is 4.52 Å². The van der Waals surface area contributed by atoms with Crippen LogP contribution in [0.5, 0.6) is 0 Å². The van der Waals surface area contributed by atoms with Gasteiger partial charge in [0, 0.05) is 47.4 Å². The van der Waals surface area contributed by atoms with Gasteiger partial charge in [-0.15, -0.1) is 0 Å². The number of nitro benzene ring substituents is 1. The van der Waals surface area contributed by atoms with Crippen LogP contribution in [0, 0.1) is 23.0 Å². The second-order valence-corrected chi connectivity index (χ2v) is 7.58. The molecule has 0 fully saturated rings. The van der Waals surface area contributed by atoms with Crippen molar-refractivity contribution in [3.8, 4) is 22.8 Å². The van der Waals surface area contributed by atoms with Crippen LogP contribution in [0.2, 0.25) is 0 Å². The summed E-state index contributed by atoms with van der Waals surface area (Å²) in [5, 5.41) is 18.6. The van der Waals surface area contributed by atoms with Crippen LogP contribution < -0.4 is 5.32 Å². The Balaban J connectivity index is 1.64. The Morgan fingerprint density at radius 3 is 2.50 bits per heavy atom. The summed E-state index contributed by atoms with van der Waals surface area (Å²) in [6, 6.07) is 11.4. The minimum Gasteiger partial charge on any atom is -0.358 e. The Kier molecular flexibility index (Phi) is 5.84. The molecule has 1 atom stereocenters. The molecule has 0 saturated heterocycles. The van der Waals surface area contributed by atoms with Gasteiger partial charge in [0.15, 0.2) is 5.82 Å². The molecule has 10 nitrogen and oxygen atoms in total. The topological polar surface area (TPSA) is 133 Å². The number of non-ortho nitro benzene ring substituents is 1. The maximum absolute atomic E-state index is 11.1. The van der Waals surface area contributed by atoms with Gasteiger partial charge in [-0.1, -0.05) is 31.1 Å². The molecule has 10 heteroatoms. The average Bonchev–Trinajstić information content (AvgIpc) is 3.27. The van der Waals surface area contributed by atoms with Crippen LogP contribution in [0.1, 0.15) is 31.5 Å². The number of aromatic nitrogens is 5. The number of hydrogen-bond acceptors (Lipinski definition) is 9. The molecule has 0 aliphatic carbocycles. The monoisotopic (exact) mass is 431 g/mol. The average molecular weight is 431 g/mol. The number of benzene rings is 1. The molecule has 1 unspecified atom stereocenters. The van der Waals surface area contributed by atoms with Gasteiger partial charge >= 0.3 is 0 Å². The summed E-state index contributed by atoms with van der Waals surface area (Å²) in [7, 11) is 0. The molecule has 1 N–H and O–H groups in total. The first-order valence-electron chi connectivity index (χ1n) is 10.0. The van der Waals surface area contributed by atoms with Gasteiger partial charge in [-0.25, -0.2) is 9.97 Å². The molecule has 0 aliphatic heterocycles. The molecule has 0 radical (unpaired) electrons. The molecule has 0 bridgehead atoms. The molecule has 0 aliphatic rings. The molecular weight excluding hydrogens is 410 g/mol. The first-order valence-corrected chi connectivity index (χ1v) is 10.0. The number of hydrogen-bond donors (Lipinski definition) is 1. The Labute approximate surface area is 183 Å². The molecule has 0 spiro atoms. The highest BCUT2D eigenvalue weighted by atomic mass is 16.6. The van der Waals surface area contributed by atoms with E-state index in [0.29, 0.717) is 28.9 Å². The van der Waals surface area contributed by atoms with Crippen molar-refractivity contribution in [1.82, 2.24) is 25.1 Å². The van der Waals surface area contributed by atoms with Crippen molar-refractivity contribution in [2.24, 2.45) is 5.92 Å².